The zero-order chi connectivity index (χ0) is 13.0. The summed E-state index contributed by atoms with van der Waals surface area (Å²) in [5.41, 5.74) is 2.28. The van der Waals surface area contributed by atoms with Gasteiger partial charge in [-0.1, -0.05) is 0 Å². The van der Waals surface area contributed by atoms with Gasteiger partial charge in [-0.05, 0) is 13.0 Å². The minimum absolute atomic E-state index is 0.0301. The number of hydrogen-bond acceptors (Lipinski definition) is 5. The molecule has 6 heteroatoms. The molecule has 2 rings (SSSR count). The van der Waals surface area contributed by atoms with Gasteiger partial charge < -0.3 is 14.8 Å². The first-order chi connectivity index (χ1) is 8.66. The average Bonchev–Trinajstić information content (AvgIpc) is 2.80. The lowest BCUT2D eigenvalue weighted by molar-refractivity contribution is 0.0660. The Morgan fingerprint density at radius 3 is 2.89 bits per heavy atom. The zero-order valence-electron chi connectivity index (χ0n) is 9.88. The van der Waals surface area contributed by atoms with E-state index in [-0.39, 0.29) is 5.76 Å². The maximum atomic E-state index is 10.8. The minimum Gasteiger partial charge on any atom is -0.475 e. The molecule has 0 spiro atoms. The van der Waals surface area contributed by atoms with Crippen molar-refractivity contribution in [2.75, 3.05) is 0 Å². The number of hydrogen-bond donors (Lipinski definition) is 2. The highest BCUT2D eigenvalue weighted by molar-refractivity contribution is 5.86. The van der Waals surface area contributed by atoms with Crippen molar-refractivity contribution in [2.45, 2.75) is 20.0 Å². The van der Waals surface area contributed by atoms with E-state index in [0.29, 0.717) is 18.7 Å². The van der Waals surface area contributed by atoms with Gasteiger partial charge in [0.1, 0.15) is 0 Å². The molecule has 2 N–H and O–H groups in total. The number of nitrogens with zero attached hydrogens (tertiary/aromatic N) is 2. The van der Waals surface area contributed by atoms with Crippen molar-refractivity contribution in [3.63, 3.8) is 0 Å². The highest BCUT2D eigenvalue weighted by Crippen LogP contribution is 2.10. The van der Waals surface area contributed by atoms with Crippen LogP contribution in [-0.4, -0.2) is 21.0 Å². The Balaban J connectivity index is 1.90. The van der Waals surface area contributed by atoms with E-state index in [1.807, 2.05) is 6.92 Å². The fraction of sp³-hybridized carbons (Fsp3) is 0.250. The van der Waals surface area contributed by atoms with Crippen molar-refractivity contribution in [1.29, 1.82) is 0 Å². The lowest BCUT2D eigenvalue weighted by Gasteiger charge is -2.03. The summed E-state index contributed by atoms with van der Waals surface area (Å²) in [6.45, 7) is 2.81. The topological polar surface area (TPSA) is 88.2 Å². The Hall–Kier alpha value is -2.21. The molecule has 0 fully saturated rings. The fourth-order valence-electron chi connectivity index (χ4n) is 1.50. The first-order valence-electron chi connectivity index (χ1n) is 5.44. The van der Waals surface area contributed by atoms with E-state index in [4.69, 9.17) is 9.52 Å². The van der Waals surface area contributed by atoms with Crippen LogP contribution in [0, 0.1) is 6.92 Å². The van der Waals surface area contributed by atoms with E-state index in [0.717, 1.165) is 11.4 Å². The van der Waals surface area contributed by atoms with Crippen molar-refractivity contribution in [3.05, 3.63) is 47.4 Å². The van der Waals surface area contributed by atoms with Gasteiger partial charge in [0.05, 0.1) is 17.7 Å². The van der Waals surface area contributed by atoms with Crippen LogP contribution < -0.4 is 5.32 Å². The summed E-state index contributed by atoms with van der Waals surface area (Å²) >= 11 is 0. The number of rotatable bonds is 5. The predicted octanol–water partition coefficient (Wildman–Crippen LogP) is 1.37. The summed E-state index contributed by atoms with van der Waals surface area (Å²) < 4.78 is 4.88. The van der Waals surface area contributed by atoms with Gasteiger partial charge in [-0.3, -0.25) is 9.97 Å². The van der Waals surface area contributed by atoms with Crippen molar-refractivity contribution < 1.29 is 14.3 Å². The first-order valence-corrected chi connectivity index (χ1v) is 5.44. The number of nitrogens with one attached hydrogen (secondary N) is 1. The Bertz CT molecular complexity index is 534. The Kier molecular flexibility index (Phi) is 3.69. The van der Waals surface area contributed by atoms with E-state index >= 15 is 0 Å². The van der Waals surface area contributed by atoms with Crippen molar-refractivity contribution in [2.24, 2.45) is 0 Å². The van der Waals surface area contributed by atoms with Gasteiger partial charge in [0.15, 0.2) is 0 Å². The molecule has 0 atom stereocenters. The molecule has 94 valence electrons. The van der Waals surface area contributed by atoms with Gasteiger partial charge in [-0.15, -0.1) is 0 Å². The molecule has 0 amide bonds. The van der Waals surface area contributed by atoms with Gasteiger partial charge in [0.2, 0.25) is 5.76 Å². The molecular formula is C12H13N3O3. The molecule has 2 heterocycles. The molecule has 0 saturated heterocycles. The Morgan fingerprint density at radius 1 is 1.39 bits per heavy atom. The third kappa shape index (κ3) is 2.92. The molecule has 0 aromatic carbocycles. The van der Waals surface area contributed by atoms with Gasteiger partial charge in [-0.2, -0.15) is 0 Å². The molecule has 0 aliphatic heterocycles. The highest BCUT2D eigenvalue weighted by atomic mass is 16.4. The molecule has 2 aromatic rings. The highest BCUT2D eigenvalue weighted by Gasteiger charge is 2.13. The van der Waals surface area contributed by atoms with E-state index in [1.165, 1.54) is 6.26 Å². The molecule has 0 saturated carbocycles. The monoisotopic (exact) mass is 247 g/mol. The van der Waals surface area contributed by atoms with Gasteiger partial charge in [-0.25, -0.2) is 4.79 Å². The average molecular weight is 247 g/mol. The lowest BCUT2D eigenvalue weighted by Crippen LogP contribution is -2.15. The number of carboxylic acids is 1. The van der Waals surface area contributed by atoms with Crippen LogP contribution in [-0.2, 0) is 13.1 Å². The number of carboxylic acid groups (broad SMARTS) is 1. The quantitative estimate of drug-likeness (QED) is 0.829. The minimum atomic E-state index is -1.06. The van der Waals surface area contributed by atoms with E-state index in [2.05, 4.69) is 15.3 Å². The van der Waals surface area contributed by atoms with Gasteiger partial charge >= 0.3 is 5.97 Å². The largest absolute Gasteiger partial charge is 0.475 e. The van der Waals surface area contributed by atoms with Crippen LogP contribution in [0.1, 0.15) is 27.5 Å². The SMILES string of the molecule is Cc1cnc(CNCc2ccoc2C(=O)O)cn1. The predicted molar refractivity (Wildman–Crippen MR) is 63.0 cm³/mol. The standard InChI is InChI=1S/C12H13N3O3/c1-8-4-15-10(7-14-8)6-13-5-9-2-3-18-11(9)12(16)17/h2-4,7,13H,5-6H2,1H3,(H,16,17). The van der Waals surface area contributed by atoms with Crippen molar-refractivity contribution >= 4 is 5.97 Å². The summed E-state index contributed by atoms with van der Waals surface area (Å²) in [6, 6.07) is 1.64. The molecule has 18 heavy (non-hydrogen) atoms. The van der Waals surface area contributed by atoms with Crippen LogP contribution >= 0.6 is 0 Å². The van der Waals surface area contributed by atoms with Crippen molar-refractivity contribution in [1.82, 2.24) is 15.3 Å². The third-order valence-corrected chi connectivity index (χ3v) is 2.40. The fourth-order valence-corrected chi connectivity index (χ4v) is 1.50. The van der Waals surface area contributed by atoms with Crippen LogP contribution in [0.3, 0.4) is 0 Å². The summed E-state index contributed by atoms with van der Waals surface area (Å²) in [7, 11) is 0. The van der Waals surface area contributed by atoms with Crippen LogP contribution in [0.25, 0.3) is 0 Å². The normalized spacial score (nSPS) is 10.5. The van der Waals surface area contributed by atoms with E-state index < -0.39 is 5.97 Å². The van der Waals surface area contributed by atoms with E-state index in [1.54, 1.807) is 18.5 Å². The summed E-state index contributed by atoms with van der Waals surface area (Å²) in [4.78, 5) is 19.1. The van der Waals surface area contributed by atoms with Crippen molar-refractivity contribution in [3.8, 4) is 0 Å². The molecule has 0 aliphatic carbocycles. The second-order valence-corrected chi connectivity index (χ2v) is 3.83. The van der Waals surface area contributed by atoms with Gasteiger partial charge in [0.25, 0.3) is 0 Å². The number of aromatic nitrogens is 2. The lowest BCUT2D eigenvalue weighted by atomic mass is 10.2. The number of furan rings is 1. The Labute approximate surface area is 104 Å². The molecule has 0 bridgehead atoms. The smallest absolute Gasteiger partial charge is 0.372 e. The summed E-state index contributed by atoms with van der Waals surface area (Å²) in [5.74, 6) is -1.09. The molecule has 0 unspecified atom stereocenters. The van der Waals surface area contributed by atoms with Crippen LogP contribution in [0.5, 0.6) is 0 Å². The number of aromatic carboxylic acids is 1. The molecular weight excluding hydrogens is 234 g/mol. The van der Waals surface area contributed by atoms with Crippen LogP contribution in [0.2, 0.25) is 0 Å². The molecule has 2 aromatic heterocycles. The molecule has 6 nitrogen and oxygen atoms in total. The number of carbonyl (C=O) groups is 1. The maximum Gasteiger partial charge on any atom is 0.372 e. The maximum absolute atomic E-state index is 10.8. The first kappa shape index (κ1) is 12.3. The third-order valence-electron chi connectivity index (χ3n) is 2.40. The zero-order valence-corrected chi connectivity index (χ0v) is 9.88. The summed E-state index contributed by atoms with van der Waals surface area (Å²) in [6.07, 6.45) is 4.75. The van der Waals surface area contributed by atoms with Crippen LogP contribution in [0.15, 0.2) is 29.1 Å². The second-order valence-electron chi connectivity index (χ2n) is 3.83. The van der Waals surface area contributed by atoms with Gasteiger partial charge in [0, 0.05) is 31.0 Å². The Morgan fingerprint density at radius 2 is 2.22 bits per heavy atom. The van der Waals surface area contributed by atoms with Crippen LogP contribution in [0.4, 0.5) is 0 Å². The van der Waals surface area contributed by atoms with E-state index in [9.17, 15) is 4.79 Å². The summed E-state index contributed by atoms with van der Waals surface area (Å²) in [5, 5.41) is 12.0. The second kappa shape index (κ2) is 5.42. The number of aryl methyl sites for hydroxylation is 1. The molecule has 0 aliphatic rings. The molecule has 0 radical (unpaired) electrons.